The van der Waals surface area contributed by atoms with Crippen molar-refractivity contribution in [2.45, 2.75) is 13.0 Å². The molecule has 0 spiro atoms. The molecule has 0 bridgehead atoms. The van der Waals surface area contributed by atoms with E-state index in [2.05, 4.69) is 16.0 Å². The lowest BCUT2D eigenvalue weighted by Gasteiger charge is -2.05. The molecule has 0 heterocycles. The molecular weight excluding hydrogens is 230 g/mol. The molecule has 16 heavy (non-hydrogen) atoms. The number of hydrogen-bond donors (Lipinski definition) is 0. The Balaban J connectivity index is 2.55. The van der Waals surface area contributed by atoms with Gasteiger partial charge in [0.05, 0.1) is 13.3 Å². The maximum absolute atomic E-state index is 11.0. The predicted octanol–water partition coefficient (Wildman–Crippen LogP) is 2.05. The Bertz CT molecular complexity index is 393. The van der Waals surface area contributed by atoms with Gasteiger partial charge in [-0.2, -0.15) is 0 Å². The second-order valence-corrected chi connectivity index (χ2v) is 3.36. The minimum Gasteiger partial charge on any atom is -0.466 e. The van der Waals surface area contributed by atoms with Gasteiger partial charge < -0.3 is 9.57 Å². The van der Waals surface area contributed by atoms with Crippen LogP contribution in [0.1, 0.15) is 12.5 Å². The number of carbonyl (C=O) groups excluding carboxylic acids is 1. The number of halogens is 1. The minimum atomic E-state index is -0.743. The quantitative estimate of drug-likeness (QED) is 0.460. The van der Waals surface area contributed by atoms with Crippen LogP contribution in [0.3, 0.4) is 0 Å². The average Bonchev–Trinajstić information content (AvgIpc) is 2.30. The van der Waals surface area contributed by atoms with Crippen molar-refractivity contribution < 1.29 is 14.4 Å². The summed E-state index contributed by atoms with van der Waals surface area (Å²) in [6, 6.07) is 7.89. The molecule has 0 aromatic heterocycles. The van der Waals surface area contributed by atoms with Gasteiger partial charge in [0.15, 0.2) is 0 Å². The first-order valence-corrected chi connectivity index (χ1v) is 4.95. The fourth-order valence-corrected chi connectivity index (χ4v) is 1.08. The van der Waals surface area contributed by atoms with Gasteiger partial charge in [-0.3, -0.25) is 0 Å². The Hall–Kier alpha value is -1.55. The molecule has 0 N–H and O–H groups in total. The first-order valence-electron chi connectivity index (χ1n) is 4.57. The summed E-state index contributed by atoms with van der Waals surface area (Å²) in [6.07, 6.45) is 0.672. The lowest BCUT2D eigenvalue weighted by molar-refractivity contribution is -0.152. The maximum Gasteiger partial charge on any atom is 0.349 e. The molecule has 5 heteroatoms. The van der Waals surface area contributed by atoms with Gasteiger partial charge in [-0.25, -0.2) is 4.79 Å². The highest BCUT2D eigenvalue weighted by molar-refractivity contribution is 6.33. The molecule has 0 saturated heterocycles. The molecule has 0 aliphatic rings. The zero-order valence-electron chi connectivity index (χ0n) is 8.94. The topological polar surface area (TPSA) is 47.9 Å². The lowest BCUT2D eigenvalue weighted by atomic mass is 10.2. The van der Waals surface area contributed by atoms with Gasteiger partial charge in [-0.15, -0.1) is 0 Å². The highest BCUT2D eigenvalue weighted by Crippen LogP contribution is 2.12. The van der Waals surface area contributed by atoms with Crippen molar-refractivity contribution in [3.05, 3.63) is 34.9 Å². The average molecular weight is 241 g/mol. The molecule has 0 fully saturated rings. The van der Waals surface area contributed by atoms with Crippen molar-refractivity contribution in [3.63, 3.8) is 0 Å². The largest absolute Gasteiger partial charge is 0.466 e. The minimum absolute atomic E-state index is 0.483. The van der Waals surface area contributed by atoms with Gasteiger partial charge in [-0.05, 0) is 25.1 Å². The van der Waals surface area contributed by atoms with E-state index < -0.39 is 12.1 Å². The third-order valence-corrected chi connectivity index (χ3v) is 2.13. The summed E-state index contributed by atoms with van der Waals surface area (Å²) in [5.41, 5.74) is 0.668. The Kier molecular flexibility index (Phi) is 4.79. The van der Waals surface area contributed by atoms with E-state index in [1.807, 2.05) is 0 Å². The van der Waals surface area contributed by atoms with Crippen LogP contribution in [0.2, 0.25) is 5.02 Å². The van der Waals surface area contributed by atoms with Crippen molar-refractivity contribution in [3.8, 4) is 0 Å². The van der Waals surface area contributed by atoms with E-state index >= 15 is 0 Å². The summed E-state index contributed by atoms with van der Waals surface area (Å²) >= 11 is 5.87. The number of methoxy groups -OCH3 is 1. The van der Waals surface area contributed by atoms with Crippen molar-refractivity contribution in [1.82, 2.24) is 0 Å². The summed E-state index contributed by atoms with van der Waals surface area (Å²) in [4.78, 5) is 15.8. The Morgan fingerprint density at radius 1 is 1.69 bits per heavy atom. The SMILES string of the molecule is COC(=O)C(C)ON=Cc1c[c]ccc1Cl. The number of carbonyl (C=O) groups is 1. The Morgan fingerprint density at radius 3 is 3.06 bits per heavy atom. The highest BCUT2D eigenvalue weighted by Gasteiger charge is 2.13. The van der Waals surface area contributed by atoms with Crippen molar-refractivity contribution in [1.29, 1.82) is 0 Å². The number of esters is 1. The number of rotatable bonds is 4. The van der Waals surface area contributed by atoms with E-state index in [9.17, 15) is 4.79 Å². The van der Waals surface area contributed by atoms with E-state index in [1.54, 1.807) is 25.1 Å². The number of ether oxygens (including phenoxy) is 1. The van der Waals surface area contributed by atoms with Gasteiger partial charge in [0.1, 0.15) is 0 Å². The standard InChI is InChI=1S/C11H11ClNO3/c1-8(11(14)15-2)16-13-7-9-5-3-4-6-10(9)12/h4-8H,1-2H3. The van der Waals surface area contributed by atoms with Gasteiger partial charge in [0, 0.05) is 10.6 Å². The second kappa shape index (κ2) is 6.12. The van der Waals surface area contributed by atoms with Gasteiger partial charge >= 0.3 is 5.97 Å². The first kappa shape index (κ1) is 12.5. The normalized spacial score (nSPS) is 12.4. The lowest BCUT2D eigenvalue weighted by Crippen LogP contribution is -2.19. The summed E-state index contributed by atoms with van der Waals surface area (Å²) in [6.45, 7) is 1.54. The first-order chi connectivity index (χ1) is 7.65. The molecule has 1 atom stereocenters. The molecule has 85 valence electrons. The van der Waals surface area contributed by atoms with E-state index in [0.717, 1.165) is 0 Å². The van der Waals surface area contributed by atoms with Crippen LogP contribution < -0.4 is 0 Å². The summed E-state index contributed by atoms with van der Waals surface area (Å²) < 4.78 is 4.47. The molecule has 0 aliphatic heterocycles. The highest BCUT2D eigenvalue weighted by atomic mass is 35.5. The number of nitrogens with zero attached hydrogens (tertiary/aromatic N) is 1. The van der Waals surface area contributed by atoms with Crippen LogP contribution >= 0.6 is 11.6 Å². The van der Waals surface area contributed by atoms with E-state index in [4.69, 9.17) is 16.4 Å². The molecule has 4 nitrogen and oxygen atoms in total. The summed E-state index contributed by atoms with van der Waals surface area (Å²) in [5.74, 6) is -0.483. The van der Waals surface area contributed by atoms with Crippen LogP contribution in [0.5, 0.6) is 0 Å². The molecular formula is C11H11ClNO3. The number of hydrogen-bond acceptors (Lipinski definition) is 4. The number of oxime groups is 1. The monoisotopic (exact) mass is 240 g/mol. The van der Waals surface area contributed by atoms with Crippen LogP contribution in [0, 0.1) is 6.07 Å². The second-order valence-electron chi connectivity index (χ2n) is 2.95. The smallest absolute Gasteiger partial charge is 0.349 e. The third kappa shape index (κ3) is 3.55. The third-order valence-electron chi connectivity index (χ3n) is 1.78. The van der Waals surface area contributed by atoms with Crippen molar-refractivity contribution in [2.24, 2.45) is 5.16 Å². The molecule has 1 unspecified atom stereocenters. The van der Waals surface area contributed by atoms with Crippen molar-refractivity contribution >= 4 is 23.8 Å². The molecule has 1 aromatic carbocycles. The molecule has 1 rings (SSSR count). The van der Waals surface area contributed by atoms with Gasteiger partial charge in [0.25, 0.3) is 0 Å². The van der Waals surface area contributed by atoms with Crippen LogP contribution in [0.4, 0.5) is 0 Å². The molecule has 1 radical (unpaired) electrons. The predicted molar refractivity (Wildman–Crippen MR) is 60.4 cm³/mol. The zero-order valence-corrected chi connectivity index (χ0v) is 9.69. The van der Waals surface area contributed by atoms with Crippen LogP contribution in [0.15, 0.2) is 23.4 Å². The zero-order chi connectivity index (χ0) is 12.0. The Morgan fingerprint density at radius 2 is 2.44 bits per heavy atom. The molecule has 1 aromatic rings. The van der Waals surface area contributed by atoms with Gasteiger partial charge in [-0.1, -0.05) is 22.8 Å². The summed E-state index contributed by atoms with van der Waals surface area (Å²) in [7, 11) is 1.29. The van der Waals surface area contributed by atoms with E-state index in [1.165, 1.54) is 13.3 Å². The van der Waals surface area contributed by atoms with Crippen molar-refractivity contribution in [2.75, 3.05) is 7.11 Å². The maximum atomic E-state index is 11.0. The summed E-state index contributed by atoms with van der Waals surface area (Å²) in [5, 5.41) is 4.18. The van der Waals surface area contributed by atoms with Crippen LogP contribution in [-0.2, 0) is 14.4 Å². The fourth-order valence-electron chi connectivity index (χ4n) is 0.911. The van der Waals surface area contributed by atoms with Crippen LogP contribution in [0.25, 0.3) is 0 Å². The van der Waals surface area contributed by atoms with Crippen LogP contribution in [-0.4, -0.2) is 25.4 Å². The molecule has 0 saturated carbocycles. The Labute approximate surface area is 98.8 Å². The van der Waals surface area contributed by atoms with E-state index in [-0.39, 0.29) is 0 Å². The molecule has 0 aliphatic carbocycles. The molecule has 0 amide bonds. The number of benzene rings is 1. The van der Waals surface area contributed by atoms with Gasteiger partial charge in [0.2, 0.25) is 6.10 Å². The van der Waals surface area contributed by atoms with E-state index in [0.29, 0.717) is 10.6 Å². The fraction of sp³-hybridized carbons (Fsp3) is 0.273.